The number of rotatable bonds is 4. The van der Waals surface area contributed by atoms with E-state index < -0.39 is 12.6 Å². The van der Waals surface area contributed by atoms with Crippen LogP contribution in [-0.4, -0.2) is 18.8 Å². The van der Waals surface area contributed by atoms with Crippen LogP contribution in [0, 0.1) is 11.3 Å². The maximum absolute atomic E-state index is 12.0. The third kappa shape index (κ3) is 3.36. The van der Waals surface area contributed by atoms with Crippen molar-refractivity contribution in [2.75, 3.05) is 6.54 Å². The Balaban J connectivity index is 1.72. The van der Waals surface area contributed by atoms with Gasteiger partial charge in [-0.2, -0.15) is 13.2 Å². The van der Waals surface area contributed by atoms with Gasteiger partial charge in [0.05, 0.1) is 6.42 Å². The summed E-state index contributed by atoms with van der Waals surface area (Å²) in [5.41, 5.74) is 0.366. The van der Waals surface area contributed by atoms with Gasteiger partial charge in [0, 0.05) is 12.6 Å². The predicted molar refractivity (Wildman–Crippen MR) is 61.8 cm³/mol. The maximum atomic E-state index is 12.0. The van der Waals surface area contributed by atoms with Gasteiger partial charge in [0.25, 0.3) is 0 Å². The summed E-state index contributed by atoms with van der Waals surface area (Å²) in [6, 6.07) is 0.360. The smallest absolute Gasteiger partial charge is 0.313 e. The molecule has 17 heavy (non-hydrogen) atoms. The Hall–Kier alpha value is -0.250. The highest BCUT2D eigenvalue weighted by Crippen LogP contribution is 2.58. The molecule has 2 saturated carbocycles. The van der Waals surface area contributed by atoms with E-state index in [1.165, 1.54) is 32.1 Å². The molecule has 0 bridgehead atoms. The fourth-order valence-electron chi connectivity index (χ4n) is 3.40. The highest BCUT2D eigenvalue weighted by Gasteiger charge is 2.55. The van der Waals surface area contributed by atoms with E-state index in [9.17, 15) is 13.2 Å². The zero-order valence-corrected chi connectivity index (χ0v) is 10.4. The number of nitrogens with one attached hydrogen (secondary N) is 1. The molecular weight excluding hydrogens is 227 g/mol. The van der Waals surface area contributed by atoms with Crippen LogP contribution in [0.4, 0.5) is 13.2 Å². The third-order valence-corrected chi connectivity index (χ3v) is 4.55. The lowest BCUT2D eigenvalue weighted by atomic mass is 9.77. The molecule has 0 aromatic rings. The van der Waals surface area contributed by atoms with Crippen LogP contribution >= 0.6 is 0 Å². The van der Waals surface area contributed by atoms with E-state index in [0.29, 0.717) is 11.5 Å². The zero-order chi connectivity index (χ0) is 12.5. The third-order valence-electron chi connectivity index (χ3n) is 4.55. The molecule has 0 radical (unpaired) electrons. The maximum Gasteiger partial charge on any atom is 0.390 e. The molecule has 0 aromatic heterocycles. The van der Waals surface area contributed by atoms with Gasteiger partial charge in [-0.15, -0.1) is 0 Å². The lowest BCUT2D eigenvalue weighted by Gasteiger charge is -2.29. The SMILES string of the molecule is CC[C@H]1CCC[C@@]2(CC2NCCC(F)(F)F)C1. The molecule has 2 aliphatic rings. The second kappa shape index (κ2) is 4.79. The van der Waals surface area contributed by atoms with Crippen LogP contribution in [0.2, 0.25) is 0 Å². The highest BCUT2D eigenvalue weighted by atomic mass is 19.4. The Labute approximate surface area is 101 Å². The van der Waals surface area contributed by atoms with Gasteiger partial charge in [0.1, 0.15) is 0 Å². The van der Waals surface area contributed by atoms with Crippen molar-refractivity contribution in [2.24, 2.45) is 11.3 Å². The fourth-order valence-corrected chi connectivity index (χ4v) is 3.40. The lowest BCUT2D eigenvalue weighted by Crippen LogP contribution is -2.29. The van der Waals surface area contributed by atoms with Gasteiger partial charge in [0.15, 0.2) is 0 Å². The minimum atomic E-state index is -4.02. The normalized spacial score (nSPS) is 37.4. The molecule has 0 aromatic carbocycles. The predicted octanol–water partition coefficient (Wildman–Crippen LogP) is 3.89. The van der Waals surface area contributed by atoms with Crippen LogP contribution in [0.25, 0.3) is 0 Å². The molecule has 0 heterocycles. The van der Waals surface area contributed by atoms with E-state index in [2.05, 4.69) is 12.2 Å². The van der Waals surface area contributed by atoms with Crippen LogP contribution in [0.5, 0.6) is 0 Å². The van der Waals surface area contributed by atoms with Crippen molar-refractivity contribution in [1.29, 1.82) is 0 Å². The summed E-state index contributed by atoms with van der Waals surface area (Å²) in [5, 5.41) is 3.10. The first kappa shape index (κ1) is 13.2. The van der Waals surface area contributed by atoms with Crippen LogP contribution in [0.1, 0.15) is 51.9 Å². The molecule has 1 nitrogen and oxygen atoms in total. The molecule has 0 saturated heterocycles. The van der Waals surface area contributed by atoms with E-state index in [4.69, 9.17) is 0 Å². The minimum Gasteiger partial charge on any atom is -0.313 e. The van der Waals surface area contributed by atoms with Gasteiger partial charge < -0.3 is 5.32 Å². The molecule has 2 aliphatic carbocycles. The molecule has 4 heteroatoms. The Morgan fingerprint density at radius 3 is 2.71 bits per heavy atom. The Kier molecular flexibility index (Phi) is 3.71. The summed E-state index contributed by atoms with van der Waals surface area (Å²) in [5.74, 6) is 0.804. The largest absolute Gasteiger partial charge is 0.390 e. The van der Waals surface area contributed by atoms with Crippen LogP contribution in [0.15, 0.2) is 0 Å². The van der Waals surface area contributed by atoms with Gasteiger partial charge in [-0.05, 0) is 30.6 Å². The first-order chi connectivity index (χ1) is 7.95. The number of alkyl halides is 3. The van der Waals surface area contributed by atoms with Crippen molar-refractivity contribution in [2.45, 2.75) is 64.1 Å². The summed E-state index contributed by atoms with van der Waals surface area (Å²) in [4.78, 5) is 0. The topological polar surface area (TPSA) is 12.0 Å². The Bertz CT molecular complexity index is 264. The van der Waals surface area contributed by atoms with E-state index in [1.54, 1.807) is 0 Å². The zero-order valence-electron chi connectivity index (χ0n) is 10.4. The first-order valence-corrected chi connectivity index (χ1v) is 6.75. The van der Waals surface area contributed by atoms with Crippen LogP contribution in [0.3, 0.4) is 0 Å². The average molecular weight is 249 g/mol. The van der Waals surface area contributed by atoms with Crippen molar-refractivity contribution in [1.82, 2.24) is 5.32 Å². The van der Waals surface area contributed by atoms with Crippen molar-refractivity contribution >= 4 is 0 Å². The van der Waals surface area contributed by atoms with E-state index in [-0.39, 0.29) is 6.54 Å². The molecule has 3 atom stereocenters. The summed E-state index contributed by atoms with van der Waals surface area (Å²) in [6.45, 7) is 2.31. The van der Waals surface area contributed by atoms with Gasteiger partial charge in [0.2, 0.25) is 0 Å². The van der Waals surface area contributed by atoms with Gasteiger partial charge in [-0.1, -0.05) is 26.2 Å². The Morgan fingerprint density at radius 1 is 1.29 bits per heavy atom. The number of hydrogen-bond donors (Lipinski definition) is 1. The molecule has 0 amide bonds. The molecule has 1 N–H and O–H groups in total. The molecule has 1 spiro atoms. The lowest BCUT2D eigenvalue weighted by molar-refractivity contribution is -0.133. The van der Waals surface area contributed by atoms with E-state index in [1.807, 2.05) is 0 Å². The fraction of sp³-hybridized carbons (Fsp3) is 1.00. The summed E-state index contributed by atoms with van der Waals surface area (Å²) < 4.78 is 36.1. The monoisotopic (exact) mass is 249 g/mol. The van der Waals surface area contributed by atoms with Crippen molar-refractivity contribution in [3.05, 3.63) is 0 Å². The van der Waals surface area contributed by atoms with Crippen LogP contribution < -0.4 is 5.32 Å². The van der Waals surface area contributed by atoms with E-state index in [0.717, 1.165) is 12.3 Å². The summed E-state index contributed by atoms with van der Waals surface area (Å²) in [7, 11) is 0. The summed E-state index contributed by atoms with van der Waals surface area (Å²) in [6.07, 6.45) is 2.62. The Morgan fingerprint density at radius 2 is 2.06 bits per heavy atom. The first-order valence-electron chi connectivity index (χ1n) is 6.75. The number of halogens is 3. The highest BCUT2D eigenvalue weighted by molar-refractivity contribution is 5.09. The van der Waals surface area contributed by atoms with Gasteiger partial charge >= 0.3 is 6.18 Å². The molecule has 2 rings (SSSR count). The van der Waals surface area contributed by atoms with Gasteiger partial charge in [-0.3, -0.25) is 0 Å². The van der Waals surface area contributed by atoms with Crippen molar-refractivity contribution < 1.29 is 13.2 Å². The molecule has 0 aliphatic heterocycles. The molecule has 1 unspecified atom stereocenters. The quantitative estimate of drug-likeness (QED) is 0.797. The van der Waals surface area contributed by atoms with E-state index >= 15 is 0 Å². The molecule has 100 valence electrons. The van der Waals surface area contributed by atoms with Gasteiger partial charge in [-0.25, -0.2) is 0 Å². The van der Waals surface area contributed by atoms with Crippen molar-refractivity contribution in [3.63, 3.8) is 0 Å². The van der Waals surface area contributed by atoms with Crippen molar-refractivity contribution in [3.8, 4) is 0 Å². The standard InChI is InChI=1S/C13H22F3N/c1-2-10-4-3-5-12(8-10)9-11(12)17-7-6-13(14,15)16/h10-11,17H,2-9H2,1H3/t10-,11?,12-/m0/s1. The molecular formula is C13H22F3N. The minimum absolute atomic E-state index is 0.0900. The van der Waals surface area contributed by atoms with Crippen LogP contribution in [-0.2, 0) is 0 Å². The second-order valence-corrected chi connectivity index (χ2v) is 5.81. The molecule has 2 fully saturated rings. The number of hydrogen-bond acceptors (Lipinski definition) is 1. The second-order valence-electron chi connectivity index (χ2n) is 5.81. The summed E-state index contributed by atoms with van der Waals surface area (Å²) >= 11 is 0. The average Bonchev–Trinajstić information content (AvgIpc) is 2.89.